The summed E-state index contributed by atoms with van der Waals surface area (Å²) in [6.45, 7) is -0.547. The summed E-state index contributed by atoms with van der Waals surface area (Å²) in [6.07, 6.45) is -57.7. The van der Waals surface area contributed by atoms with E-state index < -0.39 is 184 Å². The van der Waals surface area contributed by atoms with Crippen LogP contribution in [0.15, 0.2) is 121 Å². The second-order valence-electron chi connectivity index (χ2n) is 19.1. The Balaban J connectivity index is 0.000000295. The second-order valence-corrected chi connectivity index (χ2v) is 19.1. The van der Waals surface area contributed by atoms with E-state index in [-0.39, 0.29) is 11.3 Å². The molecule has 7 unspecified atom stereocenters. The number of hydrogen-bond donors (Lipinski definition) is 2. The summed E-state index contributed by atoms with van der Waals surface area (Å²) in [5, 5.41) is 18.4. The maximum Gasteiger partial charge on any atom is 0.431 e. The number of alkyl halides is 22. The fourth-order valence-corrected chi connectivity index (χ4v) is 8.44. The van der Waals surface area contributed by atoms with Crippen LogP contribution in [-0.2, 0) is 18.9 Å². The van der Waals surface area contributed by atoms with Crippen molar-refractivity contribution in [1.29, 1.82) is 0 Å². The number of esters is 2. The topological polar surface area (TPSA) is 130 Å². The predicted molar refractivity (Wildman–Crippen MR) is 250 cm³/mol. The Hall–Kier alpha value is -6.28. The molecule has 6 rings (SSSR count). The van der Waals surface area contributed by atoms with Crippen molar-refractivity contribution >= 4 is 11.9 Å². The fraction of sp³-hybridized carbons (Fsp3) is 0.509. The van der Waals surface area contributed by atoms with Gasteiger partial charge in [-0.25, -0.2) is 18.4 Å². The number of carbonyl (C=O) groups excluding carboxylic acids is 2. The van der Waals surface area contributed by atoms with E-state index in [4.69, 9.17) is 19.3 Å². The highest BCUT2D eigenvalue weighted by molar-refractivity contribution is 5.90. The number of rotatable bonds is 17. The van der Waals surface area contributed by atoms with Gasteiger partial charge < -0.3 is 38.6 Å². The Morgan fingerprint density at radius 1 is 0.494 bits per heavy atom. The number of benzene rings is 4. The van der Waals surface area contributed by atoms with Crippen LogP contribution in [-0.4, -0.2) is 133 Å². The first-order valence-corrected chi connectivity index (χ1v) is 24.8. The Morgan fingerprint density at radius 2 is 0.882 bits per heavy atom. The lowest BCUT2D eigenvalue weighted by molar-refractivity contribution is -0.388. The van der Waals surface area contributed by atoms with Crippen LogP contribution in [0.3, 0.4) is 0 Å². The molecule has 1 saturated heterocycles. The molecule has 2 N–H and O–H groups in total. The molecule has 2 aliphatic rings. The van der Waals surface area contributed by atoms with Gasteiger partial charge in [0.1, 0.15) is 17.6 Å². The lowest BCUT2D eigenvalue weighted by atomic mass is 9.70. The van der Waals surface area contributed by atoms with E-state index >= 15 is 8.78 Å². The van der Waals surface area contributed by atoms with Crippen molar-refractivity contribution in [3.8, 4) is 11.5 Å². The number of para-hydroxylation sites is 2. The minimum Gasteiger partial charge on any atom is -0.481 e. The lowest BCUT2D eigenvalue weighted by Gasteiger charge is -2.43. The van der Waals surface area contributed by atoms with E-state index in [0.29, 0.717) is 0 Å². The summed E-state index contributed by atoms with van der Waals surface area (Å²) in [4.78, 5) is 24.2. The molecule has 0 aromatic heterocycles. The monoisotopic (exact) mass is 1260 g/mol. The highest BCUT2D eigenvalue weighted by Gasteiger charge is 2.74. The van der Waals surface area contributed by atoms with Crippen LogP contribution in [0.4, 0.5) is 96.6 Å². The molecule has 4 aromatic rings. The first-order valence-electron chi connectivity index (χ1n) is 24.8. The molecule has 1 heterocycles. The fourth-order valence-electron chi connectivity index (χ4n) is 8.44. The van der Waals surface area contributed by atoms with E-state index in [1.54, 1.807) is 18.2 Å². The van der Waals surface area contributed by atoms with Crippen molar-refractivity contribution in [2.75, 3.05) is 13.2 Å². The van der Waals surface area contributed by atoms with Gasteiger partial charge >= 0.3 is 54.9 Å². The van der Waals surface area contributed by atoms with E-state index in [1.165, 1.54) is 85.8 Å². The minimum absolute atomic E-state index is 0.144. The number of carbonyl (C=O) groups is 2. The molecule has 2 fully saturated rings. The Labute approximate surface area is 467 Å². The van der Waals surface area contributed by atoms with Crippen LogP contribution in [0, 0.1) is 11.8 Å². The van der Waals surface area contributed by atoms with Gasteiger partial charge in [-0.05, 0) is 81.1 Å². The molecule has 4 aromatic carbocycles. The molecule has 32 heteroatoms. The maximum atomic E-state index is 15.0. The maximum absolute atomic E-state index is 15.0. The molecule has 1 aliphatic carbocycles. The van der Waals surface area contributed by atoms with Crippen LogP contribution >= 0.6 is 0 Å². The highest BCUT2D eigenvalue weighted by Crippen LogP contribution is 2.55. The molecule has 0 spiro atoms. The van der Waals surface area contributed by atoms with Gasteiger partial charge in [0.05, 0.1) is 36.5 Å². The Bertz CT molecular complexity index is 2630. The third-order valence-electron chi connectivity index (χ3n) is 12.7. The van der Waals surface area contributed by atoms with Crippen LogP contribution in [0.1, 0.15) is 66.2 Å². The molecule has 85 heavy (non-hydrogen) atoms. The van der Waals surface area contributed by atoms with Crippen LogP contribution in [0.5, 0.6) is 11.5 Å². The first kappa shape index (κ1) is 71.2. The molecular formula is C53H50F22O10. The van der Waals surface area contributed by atoms with E-state index in [2.05, 4.69) is 14.2 Å². The first-order chi connectivity index (χ1) is 39.0. The van der Waals surface area contributed by atoms with Gasteiger partial charge in [0.2, 0.25) is 0 Å². The normalized spacial score (nSPS) is 20.3. The molecule has 0 bridgehead atoms. The van der Waals surface area contributed by atoms with Crippen molar-refractivity contribution in [1.82, 2.24) is 0 Å². The van der Waals surface area contributed by atoms with Crippen molar-refractivity contribution in [2.45, 2.75) is 143 Å². The molecule has 7 atom stereocenters. The van der Waals surface area contributed by atoms with E-state index in [9.17, 15) is 103 Å². The molecule has 1 aliphatic heterocycles. The zero-order valence-corrected chi connectivity index (χ0v) is 43.4. The van der Waals surface area contributed by atoms with Crippen LogP contribution in [0.2, 0.25) is 0 Å². The van der Waals surface area contributed by atoms with Gasteiger partial charge in [0.15, 0.2) is 12.2 Å². The largest absolute Gasteiger partial charge is 0.481 e. The summed E-state index contributed by atoms with van der Waals surface area (Å²) in [5.74, 6) is -17.8. The van der Waals surface area contributed by atoms with Gasteiger partial charge in [-0.1, -0.05) is 72.8 Å². The summed E-state index contributed by atoms with van der Waals surface area (Å²) < 4.78 is 323. The van der Waals surface area contributed by atoms with Crippen LogP contribution < -0.4 is 9.47 Å². The summed E-state index contributed by atoms with van der Waals surface area (Å²) in [6, 6.07) is 26.2. The molecule has 1 saturated carbocycles. The number of ether oxygens (including phenoxy) is 6. The lowest BCUT2D eigenvalue weighted by Crippen LogP contribution is -2.62. The van der Waals surface area contributed by atoms with Gasteiger partial charge in [0, 0.05) is 24.7 Å². The average molecular weight is 1260 g/mol. The zero-order valence-electron chi connectivity index (χ0n) is 43.4. The third kappa shape index (κ3) is 19.9. The van der Waals surface area contributed by atoms with E-state index in [1.807, 2.05) is 0 Å². The highest BCUT2D eigenvalue weighted by atomic mass is 19.4. The third-order valence-corrected chi connectivity index (χ3v) is 12.7. The Kier molecular flexibility index (Phi) is 23.9. The Morgan fingerprint density at radius 3 is 1.27 bits per heavy atom. The molecule has 0 amide bonds. The second kappa shape index (κ2) is 28.5. The van der Waals surface area contributed by atoms with Gasteiger partial charge in [-0.15, -0.1) is 0 Å². The summed E-state index contributed by atoms with van der Waals surface area (Å²) in [7, 11) is 0. The quantitative estimate of drug-likeness (QED) is 0.0778. The number of hydrogen-bond acceptors (Lipinski definition) is 10. The number of aliphatic hydroxyl groups is 2. The summed E-state index contributed by atoms with van der Waals surface area (Å²) >= 11 is 0. The van der Waals surface area contributed by atoms with Gasteiger partial charge in [-0.2, -0.15) is 87.8 Å². The van der Waals surface area contributed by atoms with Crippen molar-refractivity contribution in [3.05, 3.63) is 132 Å². The minimum atomic E-state index is -6.14. The number of aliphatic hydroxyl groups excluding tert-OH is 1. The SMILES string of the molecule is CC(O)CC(Oc1ccccc1)C(F)(F)F.O=C(OC(CC1COCC(C(F)(F)C(OC(=O)c2ccccc2)C(F)(F)F)O1)C(F)(F)F)c1ccccc1.OC(C1CCC(C(F)(F)C(Oc2ccccc2)C(F)(F)F)CC1)(C(F)(F)F)C(F)(F)F. The predicted octanol–water partition coefficient (Wildman–Crippen LogP) is 14.4. The van der Waals surface area contributed by atoms with Crippen molar-refractivity contribution < 1.29 is 145 Å². The molecular weight excluding hydrogens is 1210 g/mol. The van der Waals surface area contributed by atoms with Gasteiger partial charge in [0.25, 0.3) is 23.7 Å². The van der Waals surface area contributed by atoms with Crippen molar-refractivity contribution in [3.63, 3.8) is 0 Å². The number of halogens is 22. The smallest absolute Gasteiger partial charge is 0.431 e. The standard InChI is InChI=1S/C24H20F8O6.C18H17F11O2.C11H13F3O2/c25-22(26,21(24(30,31)32)38-20(34)15-9-5-2-6-10-15)18-13-35-12-16(36-18)11-17(23(27,28)29)37-19(33)14-7-3-1-4-8-14;19-14(20,13(16(21,22)23)31-12-4-2-1-3-5-12)10-6-8-11(9-7-10)15(30,17(24,25)26)18(27,28)29;1-8(15)7-10(11(12,13)14)16-9-5-3-2-4-6-9/h1-10,16-18,21H,11-13H2;1-5,10-11,13,30H,6-9H2;2-6,8,10,15H,7H2,1H3. The zero-order chi connectivity index (χ0) is 64.2. The van der Waals surface area contributed by atoms with Crippen LogP contribution in [0.25, 0.3) is 0 Å². The summed E-state index contributed by atoms with van der Waals surface area (Å²) in [5.41, 5.74) is -5.81. The molecule has 0 radical (unpaired) electrons. The van der Waals surface area contributed by atoms with Gasteiger partial charge in [-0.3, -0.25) is 0 Å². The van der Waals surface area contributed by atoms with E-state index in [0.717, 1.165) is 24.3 Å². The molecule has 10 nitrogen and oxygen atoms in total. The average Bonchev–Trinajstić information content (AvgIpc) is 2.47. The van der Waals surface area contributed by atoms with Crippen molar-refractivity contribution in [2.24, 2.45) is 11.8 Å². The molecule has 476 valence electrons.